The van der Waals surface area contributed by atoms with Gasteiger partial charge in [0.2, 0.25) is 5.91 Å². The van der Waals surface area contributed by atoms with Crippen molar-refractivity contribution < 1.29 is 14.5 Å². The monoisotopic (exact) mass is 369 g/mol. The van der Waals surface area contributed by atoms with E-state index in [-0.39, 0.29) is 23.8 Å². The molecule has 0 aliphatic rings. The molecule has 1 aromatic carbocycles. The lowest BCUT2D eigenvalue weighted by Crippen LogP contribution is -2.13. The summed E-state index contributed by atoms with van der Waals surface area (Å²) >= 11 is 11.8. The SMILES string of the molecule is O=C(CCCOc1ccc(Cl)cc1Cl)Nc1ccc([N+](=O)[O-])cn1. The van der Waals surface area contributed by atoms with Crippen molar-refractivity contribution in [3.8, 4) is 5.75 Å². The molecule has 0 bridgehead atoms. The maximum Gasteiger partial charge on any atom is 0.287 e. The van der Waals surface area contributed by atoms with Gasteiger partial charge in [-0.2, -0.15) is 0 Å². The molecule has 0 aliphatic heterocycles. The second-order valence-electron chi connectivity index (χ2n) is 4.73. The number of nitro groups is 1. The Kier molecular flexibility index (Phi) is 6.34. The molecular weight excluding hydrogens is 357 g/mol. The number of carbonyl (C=O) groups is 1. The Balaban J connectivity index is 1.74. The number of anilines is 1. The fraction of sp³-hybridized carbons (Fsp3) is 0.200. The number of nitrogens with one attached hydrogen (secondary N) is 1. The van der Waals surface area contributed by atoms with Crippen LogP contribution in [0.2, 0.25) is 10.0 Å². The zero-order chi connectivity index (χ0) is 17.5. The average Bonchev–Trinajstić information content (AvgIpc) is 2.53. The number of hydrogen-bond donors (Lipinski definition) is 1. The molecule has 9 heteroatoms. The van der Waals surface area contributed by atoms with Gasteiger partial charge in [-0.25, -0.2) is 4.98 Å². The molecule has 1 heterocycles. The molecule has 0 unspecified atom stereocenters. The second-order valence-corrected chi connectivity index (χ2v) is 5.58. The van der Waals surface area contributed by atoms with Gasteiger partial charge >= 0.3 is 0 Å². The Morgan fingerprint density at radius 3 is 2.71 bits per heavy atom. The van der Waals surface area contributed by atoms with Crippen LogP contribution in [0.1, 0.15) is 12.8 Å². The molecule has 0 fully saturated rings. The molecule has 2 rings (SSSR count). The summed E-state index contributed by atoms with van der Waals surface area (Å²) in [7, 11) is 0. The van der Waals surface area contributed by atoms with E-state index in [0.29, 0.717) is 28.8 Å². The van der Waals surface area contributed by atoms with E-state index in [0.717, 1.165) is 6.20 Å². The molecule has 0 aliphatic carbocycles. The Bertz CT molecular complexity index is 738. The number of carbonyl (C=O) groups excluding carboxylic acids is 1. The van der Waals surface area contributed by atoms with Gasteiger partial charge in [0.25, 0.3) is 5.69 Å². The van der Waals surface area contributed by atoms with Gasteiger partial charge in [-0.05, 0) is 30.7 Å². The Labute approximate surface area is 147 Å². The van der Waals surface area contributed by atoms with Crippen molar-refractivity contribution in [1.82, 2.24) is 4.98 Å². The molecule has 0 spiro atoms. The molecule has 24 heavy (non-hydrogen) atoms. The van der Waals surface area contributed by atoms with Gasteiger partial charge in [-0.3, -0.25) is 14.9 Å². The van der Waals surface area contributed by atoms with Crippen LogP contribution in [0.5, 0.6) is 5.75 Å². The summed E-state index contributed by atoms with van der Waals surface area (Å²) in [5.41, 5.74) is -0.138. The largest absolute Gasteiger partial charge is 0.492 e. The summed E-state index contributed by atoms with van der Waals surface area (Å²) in [6, 6.07) is 7.54. The summed E-state index contributed by atoms with van der Waals surface area (Å²) in [6.45, 7) is 0.308. The lowest BCUT2D eigenvalue weighted by atomic mass is 10.3. The zero-order valence-electron chi connectivity index (χ0n) is 12.4. The standard InChI is InChI=1S/C15H13Cl2N3O4/c16-10-3-5-13(12(17)8-10)24-7-1-2-15(21)19-14-6-4-11(9-18-14)20(22)23/h3-6,8-9H,1-2,7H2,(H,18,19,21). The highest BCUT2D eigenvalue weighted by molar-refractivity contribution is 6.35. The number of hydrogen-bond acceptors (Lipinski definition) is 5. The van der Waals surface area contributed by atoms with Crippen LogP contribution in [0.4, 0.5) is 11.5 Å². The fourth-order valence-corrected chi connectivity index (χ4v) is 2.24. The molecule has 2 aromatic rings. The first-order valence-corrected chi connectivity index (χ1v) is 7.69. The minimum atomic E-state index is -0.558. The summed E-state index contributed by atoms with van der Waals surface area (Å²) < 4.78 is 5.47. The van der Waals surface area contributed by atoms with Gasteiger partial charge < -0.3 is 10.1 Å². The maximum atomic E-state index is 11.8. The number of halogens is 2. The van der Waals surface area contributed by atoms with E-state index in [1.54, 1.807) is 18.2 Å². The number of rotatable bonds is 7. The van der Waals surface area contributed by atoms with Gasteiger partial charge in [0.05, 0.1) is 16.6 Å². The number of aromatic nitrogens is 1. The molecule has 7 nitrogen and oxygen atoms in total. The Morgan fingerprint density at radius 2 is 2.08 bits per heavy atom. The summed E-state index contributed by atoms with van der Waals surface area (Å²) in [5, 5.41) is 14.0. The van der Waals surface area contributed by atoms with Crippen molar-refractivity contribution in [3.63, 3.8) is 0 Å². The molecule has 0 saturated heterocycles. The van der Waals surface area contributed by atoms with Crippen LogP contribution in [-0.4, -0.2) is 22.4 Å². The minimum Gasteiger partial charge on any atom is -0.492 e. The first-order valence-electron chi connectivity index (χ1n) is 6.94. The summed E-state index contributed by atoms with van der Waals surface area (Å²) in [6.07, 6.45) is 1.77. The van der Waals surface area contributed by atoms with E-state index in [9.17, 15) is 14.9 Å². The highest BCUT2D eigenvalue weighted by atomic mass is 35.5. The number of ether oxygens (including phenoxy) is 1. The number of pyridine rings is 1. The van der Waals surface area contributed by atoms with E-state index in [2.05, 4.69) is 10.3 Å². The minimum absolute atomic E-state index is 0.138. The zero-order valence-corrected chi connectivity index (χ0v) is 13.9. The molecule has 1 N–H and O–H groups in total. The quantitative estimate of drug-likeness (QED) is 0.450. The molecule has 126 valence electrons. The first-order chi connectivity index (χ1) is 11.5. The van der Waals surface area contributed by atoms with Crippen molar-refractivity contribution in [3.05, 3.63) is 56.7 Å². The summed E-state index contributed by atoms with van der Waals surface area (Å²) in [5.74, 6) is 0.493. The van der Waals surface area contributed by atoms with E-state index in [1.165, 1.54) is 12.1 Å². The lowest BCUT2D eigenvalue weighted by Gasteiger charge is -2.08. The van der Waals surface area contributed by atoms with Gasteiger partial charge in [-0.1, -0.05) is 23.2 Å². The van der Waals surface area contributed by atoms with Crippen LogP contribution in [0.25, 0.3) is 0 Å². The van der Waals surface area contributed by atoms with Crippen molar-refractivity contribution in [2.45, 2.75) is 12.8 Å². The second kappa shape index (κ2) is 8.47. The molecule has 1 amide bonds. The smallest absolute Gasteiger partial charge is 0.287 e. The van der Waals surface area contributed by atoms with Crippen LogP contribution < -0.4 is 10.1 Å². The van der Waals surface area contributed by atoms with Gasteiger partial charge in [0.1, 0.15) is 17.8 Å². The number of nitrogens with zero attached hydrogens (tertiary/aromatic N) is 2. The van der Waals surface area contributed by atoms with Crippen LogP contribution >= 0.6 is 23.2 Å². The maximum absolute atomic E-state index is 11.8. The van der Waals surface area contributed by atoms with Crippen LogP contribution in [0.15, 0.2) is 36.5 Å². The summed E-state index contributed by atoms with van der Waals surface area (Å²) in [4.78, 5) is 25.5. The topological polar surface area (TPSA) is 94.4 Å². The molecule has 0 atom stereocenters. The van der Waals surface area contributed by atoms with Crippen LogP contribution in [-0.2, 0) is 4.79 Å². The van der Waals surface area contributed by atoms with Gasteiger partial charge in [0.15, 0.2) is 0 Å². The Morgan fingerprint density at radius 1 is 1.29 bits per heavy atom. The average molecular weight is 370 g/mol. The van der Waals surface area contributed by atoms with E-state index < -0.39 is 4.92 Å². The van der Waals surface area contributed by atoms with Gasteiger partial charge in [0, 0.05) is 17.5 Å². The highest BCUT2D eigenvalue weighted by Gasteiger charge is 2.08. The van der Waals surface area contributed by atoms with Crippen LogP contribution in [0.3, 0.4) is 0 Å². The normalized spacial score (nSPS) is 10.2. The van der Waals surface area contributed by atoms with Crippen molar-refractivity contribution >= 4 is 40.6 Å². The third kappa shape index (κ3) is 5.36. The van der Waals surface area contributed by atoms with E-state index >= 15 is 0 Å². The molecular formula is C15H13Cl2N3O4. The number of benzene rings is 1. The van der Waals surface area contributed by atoms with Crippen LogP contribution in [0, 0.1) is 10.1 Å². The predicted molar refractivity (Wildman–Crippen MR) is 90.7 cm³/mol. The van der Waals surface area contributed by atoms with Crippen molar-refractivity contribution in [2.75, 3.05) is 11.9 Å². The lowest BCUT2D eigenvalue weighted by molar-refractivity contribution is -0.385. The van der Waals surface area contributed by atoms with E-state index in [4.69, 9.17) is 27.9 Å². The van der Waals surface area contributed by atoms with Crippen molar-refractivity contribution in [1.29, 1.82) is 0 Å². The van der Waals surface area contributed by atoms with Gasteiger partial charge in [-0.15, -0.1) is 0 Å². The molecule has 0 radical (unpaired) electrons. The number of amides is 1. The van der Waals surface area contributed by atoms with Crippen molar-refractivity contribution in [2.24, 2.45) is 0 Å². The predicted octanol–water partition coefficient (Wildman–Crippen LogP) is 4.09. The third-order valence-electron chi connectivity index (χ3n) is 2.93. The fourth-order valence-electron chi connectivity index (χ4n) is 1.78. The van der Waals surface area contributed by atoms with E-state index in [1.807, 2.05) is 0 Å². The Hall–Kier alpha value is -2.38. The first kappa shape index (κ1) is 18.0. The highest BCUT2D eigenvalue weighted by Crippen LogP contribution is 2.27. The molecule has 0 saturated carbocycles. The third-order valence-corrected chi connectivity index (χ3v) is 3.46. The molecule has 1 aromatic heterocycles.